The number of anilines is 1. The lowest BCUT2D eigenvalue weighted by Crippen LogP contribution is -2.15. The van der Waals surface area contributed by atoms with Crippen LogP contribution in [0.15, 0.2) is 36.4 Å². The van der Waals surface area contributed by atoms with Gasteiger partial charge in [0.2, 0.25) is 5.88 Å². The van der Waals surface area contributed by atoms with Crippen molar-refractivity contribution in [1.82, 2.24) is 10.3 Å². The number of hydrogen-bond acceptors (Lipinski definition) is 4. The summed E-state index contributed by atoms with van der Waals surface area (Å²) in [5.74, 6) is 1.12. The van der Waals surface area contributed by atoms with Gasteiger partial charge in [0, 0.05) is 29.8 Å². The van der Waals surface area contributed by atoms with Gasteiger partial charge in [0.05, 0.1) is 6.61 Å². The second-order valence-electron chi connectivity index (χ2n) is 5.28. The number of nitrogens with one attached hydrogen (secondary N) is 1. The van der Waals surface area contributed by atoms with Crippen LogP contribution >= 0.6 is 36.4 Å². The third-order valence-electron chi connectivity index (χ3n) is 3.65. The van der Waals surface area contributed by atoms with Gasteiger partial charge in [-0.2, -0.15) is 0 Å². The maximum absolute atomic E-state index is 6.27. The van der Waals surface area contributed by atoms with E-state index in [0.29, 0.717) is 29.2 Å². The monoisotopic (exact) mass is 375 g/mol. The van der Waals surface area contributed by atoms with Gasteiger partial charge in [0.1, 0.15) is 5.15 Å². The maximum Gasteiger partial charge on any atom is 0.214 e. The number of benzene rings is 1. The van der Waals surface area contributed by atoms with Crippen molar-refractivity contribution in [3.8, 4) is 17.0 Å². The fourth-order valence-corrected chi connectivity index (χ4v) is 2.73. The molecule has 1 fully saturated rings. The summed E-state index contributed by atoms with van der Waals surface area (Å²) in [7, 11) is 0. The van der Waals surface area contributed by atoms with Crippen LogP contribution in [0.5, 0.6) is 5.88 Å². The Morgan fingerprint density at radius 2 is 2.09 bits per heavy atom. The second-order valence-corrected chi connectivity index (χ2v) is 5.64. The molecule has 1 aliphatic rings. The molecule has 126 valence electrons. The molecule has 23 heavy (non-hydrogen) atoms. The zero-order chi connectivity index (χ0) is 14.7. The molecular formula is C16H20Cl3N3O. The standard InChI is InChI=1S/C16H18ClN3O.2ClH/c17-16-14(12-2-1-3-13(18)8-12)4-5-15(20-16)21-10-11-6-7-19-9-11;;/h1-5,8,11,19H,6-7,9-10,18H2;2*1H. The van der Waals surface area contributed by atoms with Crippen molar-refractivity contribution in [2.75, 3.05) is 25.4 Å². The molecule has 0 aliphatic carbocycles. The zero-order valence-electron chi connectivity index (χ0n) is 12.5. The van der Waals surface area contributed by atoms with Gasteiger partial charge in [-0.05, 0) is 36.7 Å². The zero-order valence-corrected chi connectivity index (χ0v) is 14.9. The molecule has 3 N–H and O–H groups in total. The molecule has 4 nitrogen and oxygen atoms in total. The van der Waals surface area contributed by atoms with E-state index in [4.69, 9.17) is 22.1 Å². The van der Waals surface area contributed by atoms with E-state index in [0.717, 1.165) is 30.6 Å². The summed E-state index contributed by atoms with van der Waals surface area (Å²) < 4.78 is 5.73. The van der Waals surface area contributed by atoms with E-state index in [-0.39, 0.29) is 24.8 Å². The molecule has 0 radical (unpaired) electrons. The molecule has 0 bridgehead atoms. The first-order valence-corrected chi connectivity index (χ1v) is 7.46. The number of halogens is 3. The predicted molar refractivity (Wildman–Crippen MR) is 100 cm³/mol. The highest BCUT2D eigenvalue weighted by molar-refractivity contribution is 6.32. The number of ether oxygens (including phenoxy) is 1. The lowest BCUT2D eigenvalue weighted by Gasteiger charge is -2.11. The molecular weight excluding hydrogens is 357 g/mol. The number of hydrogen-bond donors (Lipinski definition) is 2. The van der Waals surface area contributed by atoms with Gasteiger partial charge >= 0.3 is 0 Å². The molecule has 1 unspecified atom stereocenters. The molecule has 2 heterocycles. The van der Waals surface area contributed by atoms with Crippen molar-refractivity contribution in [2.24, 2.45) is 5.92 Å². The lowest BCUT2D eigenvalue weighted by molar-refractivity contribution is 0.251. The topological polar surface area (TPSA) is 60.2 Å². The molecule has 3 rings (SSSR count). The lowest BCUT2D eigenvalue weighted by atomic mass is 10.1. The molecule has 1 aromatic carbocycles. The molecule has 0 amide bonds. The van der Waals surface area contributed by atoms with Gasteiger partial charge in [0.15, 0.2) is 0 Å². The minimum atomic E-state index is 0. The fourth-order valence-electron chi connectivity index (χ4n) is 2.48. The Labute approximate surface area is 153 Å². The van der Waals surface area contributed by atoms with Crippen LogP contribution in [0, 0.1) is 5.92 Å². The molecule has 0 spiro atoms. The first-order valence-electron chi connectivity index (χ1n) is 7.08. The smallest absolute Gasteiger partial charge is 0.214 e. The number of nitrogen functional groups attached to an aromatic ring is 1. The number of aromatic nitrogens is 1. The van der Waals surface area contributed by atoms with Crippen molar-refractivity contribution in [2.45, 2.75) is 6.42 Å². The summed E-state index contributed by atoms with van der Waals surface area (Å²) in [6.07, 6.45) is 1.15. The van der Waals surface area contributed by atoms with Crippen LogP contribution in [-0.4, -0.2) is 24.7 Å². The average Bonchev–Trinajstić information content (AvgIpc) is 2.98. The number of pyridine rings is 1. The van der Waals surface area contributed by atoms with Crippen LogP contribution in [-0.2, 0) is 0 Å². The van der Waals surface area contributed by atoms with E-state index in [1.807, 2.05) is 36.4 Å². The Hall–Kier alpha value is -1.20. The van der Waals surface area contributed by atoms with Crippen LogP contribution in [0.25, 0.3) is 11.1 Å². The van der Waals surface area contributed by atoms with Crippen molar-refractivity contribution in [3.05, 3.63) is 41.6 Å². The third kappa shape index (κ3) is 5.15. The highest BCUT2D eigenvalue weighted by Gasteiger charge is 2.15. The van der Waals surface area contributed by atoms with E-state index < -0.39 is 0 Å². The third-order valence-corrected chi connectivity index (χ3v) is 3.94. The summed E-state index contributed by atoms with van der Waals surface area (Å²) in [6, 6.07) is 11.4. The average molecular weight is 377 g/mol. The normalized spacial score (nSPS) is 16.3. The van der Waals surface area contributed by atoms with Gasteiger partial charge in [-0.25, -0.2) is 4.98 Å². The highest BCUT2D eigenvalue weighted by Crippen LogP contribution is 2.29. The molecule has 1 atom stereocenters. The van der Waals surface area contributed by atoms with Crippen molar-refractivity contribution in [1.29, 1.82) is 0 Å². The quantitative estimate of drug-likeness (QED) is 0.629. The van der Waals surface area contributed by atoms with Crippen LogP contribution in [0.4, 0.5) is 5.69 Å². The van der Waals surface area contributed by atoms with Crippen LogP contribution < -0.4 is 15.8 Å². The molecule has 2 aromatic rings. The van der Waals surface area contributed by atoms with Gasteiger partial charge in [-0.3, -0.25) is 0 Å². The van der Waals surface area contributed by atoms with E-state index in [2.05, 4.69) is 10.3 Å². The van der Waals surface area contributed by atoms with Gasteiger partial charge < -0.3 is 15.8 Å². The Balaban J connectivity index is 0.00000132. The minimum absolute atomic E-state index is 0. The van der Waals surface area contributed by atoms with E-state index in [9.17, 15) is 0 Å². The van der Waals surface area contributed by atoms with E-state index in [1.54, 1.807) is 0 Å². The molecule has 1 aliphatic heterocycles. The minimum Gasteiger partial charge on any atom is -0.477 e. The van der Waals surface area contributed by atoms with Crippen LogP contribution in [0.1, 0.15) is 6.42 Å². The summed E-state index contributed by atoms with van der Waals surface area (Å²) >= 11 is 6.27. The SMILES string of the molecule is Cl.Cl.Nc1cccc(-c2ccc(OCC3CCNC3)nc2Cl)c1. The first-order chi connectivity index (χ1) is 10.2. The van der Waals surface area contributed by atoms with Crippen molar-refractivity contribution in [3.63, 3.8) is 0 Å². The first kappa shape index (κ1) is 19.8. The Morgan fingerprint density at radius 1 is 1.26 bits per heavy atom. The second kappa shape index (κ2) is 9.18. The van der Waals surface area contributed by atoms with E-state index >= 15 is 0 Å². The summed E-state index contributed by atoms with van der Waals surface area (Å²) in [6.45, 7) is 2.75. The number of rotatable bonds is 4. The van der Waals surface area contributed by atoms with E-state index in [1.165, 1.54) is 0 Å². The summed E-state index contributed by atoms with van der Waals surface area (Å²) in [5.41, 5.74) is 8.32. The van der Waals surface area contributed by atoms with Crippen LogP contribution in [0.3, 0.4) is 0 Å². The molecule has 1 aromatic heterocycles. The van der Waals surface area contributed by atoms with Gasteiger partial charge in [-0.15, -0.1) is 24.8 Å². The Kier molecular flexibility index (Phi) is 7.92. The molecule has 7 heteroatoms. The highest BCUT2D eigenvalue weighted by atomic mass is 35.5. The largest absolute Gasteiger partial charge is 0.477 e. The van der Waals surface area contributed by atoms with Crippen molar-refractivity contribution >= 4 is 42.1 Å². The van der Waals surface area contributed by atoms with Gasteiger partial charge in [0.25, 0.3) is 0 Å². The number of nitrogens with zero attached hydrogens (tertiary/aromatic N) is 1. The van der Waals surface area contributed by atoms with Crippen molar-refractivity contribution < 1.29 is 4.74 Å². The Morgan fingerprint density at radius 3 is 2.74 bits per heavy atom. The fraction of sp³-hybridized carbons (Fsp3) is 0.312. The predicted octanol–water partition coefficient (Wildman–Crippen LogP) is 3.82. The van der Waals surface area contributed by atoms with Gasteiger partial charge in [-0.1, -0.05) is 23.7 Å². The number of nitrogens with two attached hydrogens (primary N) is 1. The summed E-state index contributed by atoms with van der Waals surface area (Å²) in [4.78, 5) is 4.32. The Bertz CT molecular complexity index is 634. The summed E-state index contributed by atoms with van der Waals surface area (Å²) in [5, 5.41) is 3.75. The molecule has 1 saturated heterocycles. The van der Waals surface area contributed by atoms with Crippen LogP contribution in [0.2, 0.25) is 5.15 Å². The molecule has 0 saturated carbocycles. The maximum atomic E-state index is 6.27.